The van der Waals surface area contributed by atoms with Gasteiger partial charge in [-0.25, -0.2) is 9.97 Å². The van der Waals surface area contributed by atoms with Gasteiger partial charge < -0.3 is 0 Å². The molecule has 0 amide bonds. The van der Waals surface area contributed by atoms with Crippen molar-refractivity contribution >= 4 is 31.4 Å². The van der Waals surface area contributed by atoms with Crippen molar-refractivity contribution < 1.29 is 0 Å². The van der Waals surface area contributed by atoms with Crippen molar-refractivity contribution in [3.8, 4) is 11.5 Å². The van der Waals surface area contributed by atoms with Gasteiger partial charge in [0.2, 0.25) is 0 Å². The molecule has 0 unspecified atom stereocenters. The molecule has 1 heterocycles. The number of nitrogens with zero attached hydrogens (tertiary/aromatic N) is 2. The zero-order valence-corrected chi connectivity index (χ0v) is 11.8. The zero-order chi connectivity index (χ0) is 11.5. The molecule has 0 radical (unpaired) electrons. The summed E-state index contributed by atoms with van der Waals surface area (Å²) >= 11 is 7.45. The molecule has 2 nitrogen and oxygen atoms in total. The first-order valence-electron chi connectivity index (χ1n) is 4.52. The Hall–Kier alpha value is -0.503. The molecule has 0 aliphatic heterocycles. The van der Waals surface area contributed by atoms with E-state index in [9.17, 15) is 0 Å². The fraction of sp³-hybridized carbons (Fsp3) is 0.400. The Kier molecular flexibility index (Phi) is 4.20. The van der Waals surface area contributed by atoms with Gasteiger partial charge in [-0.2, -0.15) is 0 Å². The van der Waals surface area contributed by atoms with Crippen LogP contribution in [-0.2, 0) is 0 Å². The van der Waals surface area contributed by atoms with Gasteiger partial charge in [0.1, 0.15) is 13.8 Å². The quantitative estimate of drug-likeness (QED) is 0.334. The molecule has 0 atom stereocenters. The van der Waals surface area contributed by atoms with Crippen molar-refractivity contribution in [2.24, 2.45) is 0 Å². The van der Waals surface area contributed by atoms with Crippen LogP contribution in [0.5, 0.6) is 0 Å². The van der Waals surface area contributed by atoms with Crippen LogP contribution in [0.2, 0.25) is 24.7 Å². The Morgan fingerprint density at radius 1 is 1.40 bits per heavy atom. The highest BCUT2D eigenvalue weighted by atomic mass is 35.5. The SMILES string of the molecule is CSc1ncc(Cl)c(C#C[Si](C)(C)C)n1. The number of halogens is 1. The maximum absolute atomic E-state index is 5.96. The molecular formula is C10H13ClN2SSi. The molecule has 0 N–H and O–H groups in total. The molecule has 0 spiro atoms. The van der Waals surface area contributed by atoms with Gasteiger partial charge >= 0.3 is 0 Å². The Bertz CT molecular complexity index is 418. The van der Waals surface area contributed by atoms with Crippen LogP contribution in [0.3, 0.4) is 0 Å². The maximum Gasteiger partial charge on any atom is 0.188 e. The minimum Gasteiger partial charge on any atom is -0.229 e. The third-order valence-corrected chi connectivity index (χ3v) is 3.17. The maximum atomic E-state index is 5.96. The van der Waals surface area contributed by atoms with E-state index in [1.807, 2.05) is 6.26 Å². The minimum atomic E-state index is -1.38. The van der Waals surface area contributed by atoms with Crippen LogP contribution in [0.25, 0.3) is 0 Å². The molecule has 1 rings (SSSR count). The Morgan fingerprint density at radius 3 is 2.60 bits per heavy atom. The smallest absolute Gasteiger partial charge is 0.188 e. The summed E-state index contributed by atoms with van der Waals surface area (Å²) in [6.45, 7) is 6.56. The highest BCUT2D eigenvalue weighted by Crippen LogP contribution is 2.15. The van der Waals surface area contributed by atoms with Gasteiger partial charge in [0.15, 0.2) is 5.16 Å². The molecule has 0 aromatic carbocycles. The van der Waals surface area contributed by atoms with Crippen molar-refractivity contribution in [1.29, 1.82) is 0 Å². The lowest BCUT2D eigenvalue weighted by Gasteiger charge is -2.03. The predicted molar refractivity (Wildman–Crippen MR) is 69.0 cm³/mol. The summed E-state index contributed by atoms with van der Waals surface area (Å²) in [5.74, 6) is 3.04. The van der Waals surface area contributed by atoms with Crippen molar-refractivity contribution in [1.82, 2.24) is 9.97 Å². The van der Waals surface area contributed by atoms with Crippen molar-refractivity contribution in [3.63, 3.8) is 0 Å². The average Bonchev–Trinajstić information content (AvgIpc) is 2.15. The predicted octanol–water partition coefficient (Wildman–Crippen LogP) is 3.08. The van der Waals surface area contributed by atoms with Gasteiger partial charge in [0.05, 0.1) is 11.2 Å². The highest BCUT2D eigenvalue weighted by Gasteiger charge is 2.08. The third kappa shape index (κ3) is 4.25. The first-order valence-corrected chi connectivity index (χ1v) is 9.62. The third-order valence-electron chi connectivity index (χ3n) is 1.46. The van der Waals surface area contributed by atoms with E-state index in [2.05, 4.69) is 41.1 Å². The van der Waals surface area contributed by atoms with E-state index in [0.717, 1.165) is 0 Å². The molecule has 0 saturated carbocycles. The lowest BCUT2D eigenvalue weighted by molar-refractivity contribution is 0.959. The monoisotopic (exact) mass is 256 g/mol. The summed E-state index contributed by atoms with van der Waals surface area (Å²) < 4.78 is 0. The van der Waals surface area contributed by atoms with Crippen LogP contribution in [-0.4, -0.2) is 24.3 Å². The summed E-state index contributed by atoms with van der Waals surface area (Å²) in [6.07, 6.45) is 3.54. The van der Waals surface area contributed by atoms with Gasteiger partial charge in [-0.1, -0.05) is 48.9 Å². The van der Waals surface area contributed by atoms with Crippen molar-refractivity contribution in [2.75, 3.05) is 6.26 Å². The number of rotatable bonds is 1. The van der Waals surface area contributed by atoms with E-state index in [-0.39, 0.29) is 0 Å². The second-order valence-corrected chi connectivity index (χ2v) is 9.98. The van der Waals surface area contributed by atoms with E-state index in [4.69, 9.17) is 11.6 Å². The molecule has 1 aromatic rings. The van der Waals surface area contributed by atoms with E-state index in [1.54, 1.807) is 6.20 Å². The lowest BCUT2D eigenvalue weighted by atomic mass is 10.4. The number of aromatic nitrogens is 2. The fourth-order valence-electron chi connectivity index (χ4n) is 0.784. The van der Waals surface area contributed by atoms with Crippen LogP contribution in [0.1, 0.15) is 5.69 Å². The van der Waals surface area contributed by atoms with Crippen molar-refractivity contribution in [2.45, 2.75) is 24.8 Å². The van der Waals surface area contributed by atoms with E-state index in [1.165, 1.54) is 11.8 Å². The molecule has 0 aliphatic rings. The van der Waals surface area contributed by atoms with Gasteiger partial charge in [-0.05, 0) is 6.26 Å². The minimum absolute atomic E-state index is 0.526. The fourth-order valence-corrected chi connectivity index (χ4v) is 1.76. The van der Waals surface area contributed by atoms with E-state index in [0.29, 0.717) is 15.9 Å². The molecule has 1 aromatic heterocycles. The molecule has 0 aliphatic carbocycles. The molecule has 15 heavy (non-hydrogen) atoms. The summed E-state index contributed by atoms with van der Waals surface area (Å²) in [7, 11) is -1.38. The standard InChI is InChI=1S/C10H13ClN2SSi/c1-14-10-12-7-8(11)9(13-10)5-6-15(2,3)4/h7H,1-4H3. The first-order chi connectivity index (χ1) is 6.92. The summed E-state index contributed by atoms with van der Waals surface area (Å²) in [4.78, 5) is 8.33. The lowest BCUT2D eigenvalue weighted by Crippen LogP contribution is -2.16. The van der Waals surface area contributed by atoms with Crippen molar-refractivity contribution in [3.05, 3.63) is 16.9 Å². The molecule has 0 fully saturated rings. The second kappa shape index (κ2) is 5.02. The van der Waals surface area contributed by atoms with Crippen LogP contribution >= 0.6 is 23.4 Å². The van der Waals surface area contributed by atoms with Crippen LogP contribution in [0.4, 0.5) is 0 Å². The number of thioether (sulfide) groups is 1. The molecule has 5 heteroatoms. The number of hydrogen-bond acceptors (Lipinski definition) is 3. The molecule has 0 saturated heterocycles. The van der Waals surface area contributed by atoms with Gasteiger partial charge in [-0.15, -0.1) is 5.54 Å². The van der Waals surface area contributed by atoms with Gasteiger partial charge in [0, 0.05) is 0 Å². The Labute approximate surface area is 101 Å². The zero-order valence-electron chi connectivity index (χ0n) is 9.26. The Morgan fingerprint density at radius 2 is 2.07 bits per heavy atom. The second-order valence-electron chi connectivity index (χ2n) is 4.05. The number of hydrogen-bond donors (Lipinski definition) is 0. The van der Waals surface area contributed by atoms with Gasteiger partial charge in [0.25, 0.3) is 0 Å². The summed E-state index contributed by atoms with van der Waals surface area (Å²) in [5.41, 5.74) is 3.87. The van der Waals surface area contributed by atoms with E-state index < -0.39 is 8.07 Å². The van der Waals surface area contributed by atoms with Crippen LogP contribution in [0, 0.1) is 11.5 Å². The van der Waals surface area contributed by atoms with Crippen LogP contribution in [0.15, 0.2) is 11.4 Å². The largest absolute Gasteiger partial charge is 0.229 e. The highest BCUT2D eigenvalue weighted by molar-refractivity contribution is 7.98. The molecule has 0 bridgehead atoms. The first kappa shape index (κ1) is 12.6. The average molecular weight is 257 g/mol. The topological polar surface area (TPSA) is 25.8 Å². The molecular weight excluding hydrogens is 244 g/mol. The van der Waals surface area contributed by atoms with Gasteiger partial charge in [-0.3, -0.25) is 0 Å². The Balaban J connectivity index is 3.07. The van der Waals surface area contributed by atoms with E-state index >= 15 is 0 Å². The van der Waals surface area contributed by atoms with Crippen LogP contribution < -0.4 is 0 Å². The molecule has 80 valence electrons. The summed E-state index contributed by atoms with van der Waals surface area (Å²) in [6, 6.07) is 0. The normalized spacial score (nSPS) is 10.7. The summed E-state index contributed by atoms with van der Waals surface area (Å²) in [5, 5.41) is 1.23.